The molecule has 0 spiro atoms. The van der Waals surface area contributed by atoms with E-state index in [1.807, 2.05) is 30.3 Å². The van der Waals surface area contributed by atoms with Crippen LogP contribution in [0.2, 0.25) is 0 Å². The lowest BCUT2D eigenvalue weighted by atomic mass is 10.2. The molecule has 2 aromatic carbocycles. The molecule has 4 nitrogen and oxygen atoms in total. The molecule has 0 saturated carbocycles. The van der Waals surface area contributed by atoms with Crippen LogP contribution in [-0.2, 0) is 11.4 Å². The maximum Gasteiger partial charge on any atom is 0.141 e. The minimum Gasteiger partial charge on any atom is -0.488 e. The standard InChI is InChI=1S/C21H25FN2O2/c1-16(2)24-11-10-20(14-24)26-23-13-18-7-3-4-9-21(18)25-15-17-6-5-8-19(22)12-17/h3-9,12-13,16,20H,10-11,14-15H2,1-2H3. The zero-order valence-corrected chi connectivity index (χ0v) is 15.3. The van der Waals surface area contributed by atoms with Crippen molar-refractivity contribution in [2.45, 2.75) is 39.0 Å². The Morgan fingerprint density at radius 3 is 2.85 bits per heavy atom. The van der Waals surface area contributed by atoms with E-state index in [4.69, 9.17) is 9.57 Å². The van der Waals surface area contributed by atoms with Crippen LogP contribution in [0.15, 0.2) is 53.7 Å². The molecule has 26 heavy (non-hydrogen) atoms. The molecule has 0 bridgehead atoms. The Kier molecular flexibility index (Phi) is 6.23. The van der Waals surface area contributed by atoms with Crippen LogP contribution in [0.4, 0.5) is 4.39 Å². The summed E-state index contributed by atoms with van der Waals surface area (Å²) in [6.07, 6.45) is 2.81. The number of halogens is 1. The summed E-state index contributed by atoms with van der Waals surface area (Å²) in [6, 6.07) is 14.6. The fourth-order valence-electron chi connectivity index (χ4n) is 2.99. The van der Waals surface area contributed by atoms with E-state index in [0.717, 1.165) is 30.6 Å². The van der Waals surface area contributed by atoms with Crippen LogP contribution in [0.3, 0.4) is 0 Å². The Bertz CT molecular complexity index is 748. The Morgan fingerprint density at radius 1 is 1.23 bits per heavy atom. The van der Waals surface area contributed by atoms with Gasteiger partial charge in [0.1, 0.15) is 24.3 Å². The molecule has 0 aliphatic carbocycles. The Labute approximate surface area is 154 Å². The number of ether oxygens (including phenoxy) is 1. The van der Waals surface area contributed by atoms with Gasteiger partial charge < -0.3 is 9.57 Å². The van der Waals surface area contributed by atoms with Crippen LogP contribution < -0.4 is 4.74 Å². The number of benzene rings is 2. The molecule has 0 radical (unpaired) electrons. The summed E-state index contributed by atoms with van der Waals surface area (Å²) in [4.78, 5) is 8.03. The number of rotatable bonds is 7. The van der Waals surface area contributed by atoms with Crippen LogP contribution in [0, 0.1) is 5.82 Å². The topological polar surface area (TPSA) is 34.1 Å². The molecule has 3 rings (SSSR count). The van der Waals surface area contributed by atoms with Gasteiger partial charge in [0.2, 0.25) is 0 Å². The van der Waals surface area contributed by atoms with Gasteiger partial charge in [-0.2, -0.15) is 0 Å². The van der Waals surface area contributed by atoms with Gasteiger partial charge in [-0.3, -0.25) is 4.90 Å². The smallest absolute Gasteiger partial charge is 0.141 e. The number of hydrogen-bond acceptors (Lipinski definition) is 4. The number of hydrogen-bond donors (Lipinski definition) is 0. The van der Waals surface area contributed by atoms with Gasteiger partial charge in [-0.1, -0.05) is 29.4 Å². The average molecular weight is 356 g/mol. The van der Waals surface area contributed by atoms with Crippen LogP contribution in [0.25, 0.3) is 0 Å². The van der Waals surface area contributed by atoms with Crippen molar-refractivity contribution in [3.63, 3.8) is 0 Å². The first-order valence-electron chi connectivity index (χ1n) is 9.01. The van der Waals surface area contributed by atoms with Gasteiger partial charge in [0.05, 0.1) is 6.21 Å². The second-order valence-corrected chi connectivity index (χ2v) is 6.80. The van der Waals surface area contributed by atoms with Crippen molar-refractivity contribution in [1.29, 1.82) is 0 Å². The van der Waals surface area contributed by atoms with Crippen molar-refractivity contribution in [1.82, 2.24) is 4.90 Å². The molecule has 1 unspecified atom stereocenters. The summed E-state index contributed by atoms with van der Waals surface area (Å²) in [5.41, 5.74) is 1.62. The highest BCUT2D eigenvalue weighted by molar-refractivity contribution is 5.83. The molecule has 0 amide bonds. The largest absolute Gasteiger partial charge is 0.488 e. The molecule has 2 aromatic rings. The van der Waals surface area contributed by atoms with Crippen LogP contribution in [-0.4, -0.2) is 36.3 Å². The maximum absolute atomic E-state index is 13.3. The average Bonchev–Trinajstić information content (AvgIpc) is 3.10. The minimum absolute atomic E-state index is 0.133. The second kappa shape index (κ2) is 8.81. The van der Waals surface area contributed by atoms with Gasteiger partial charge in [0.15, 0.2) is 0 Å². The molecule has 1 saturated heterocycles. The third-order valence-electron chi connectivity index (χ3n) is 4.51. The third kappa shape index (κ3) is 5.05. The lowest BCUT2D eigenvalue weighted by Gasteiger charge is -2.19. The lowest BCUT2D eigenvalue weighted by molar-refractivity contribution is 0.0634. The van der Waals surface area contributed by atoms with E-state index in [0.29, 0.717) is 18.4 Å². The normalized spacial score (nSPS) is 17.9. The van der Waals surface area contributed by atoms with Gasteiger partial charge in [0, 0.05) is 31.1 Å². The van der Waals surface area contributed by atoms with Gasteiger partial charge in [0.25, 0.3) is 0 Å². The van der Waals surface area contributed by atoms with E-state index >= 15 is 0 Å². The summed E-state index contributed by atoms with van der Waals surface area (Å²) in [7, 11) is 0. The molecule has 1 aliphatic heterocycles. The summed E-state index contributed by atoms with van der Waals surface area (Å²) < 4.78 is 19.1. The lowest BCUT2D eigenvalue weighted by Crippen LogP contribution is -2.29. The van der Waals surface area contributed by atoms with E-state index < -0.39 is 0 Å². The Balaban J connectivity index is 1.57. The van der Waals surface area contributed by atoms with Crippen molar-refractivity contribution < 1.29 is 14.0 Å². The zero-order valence-electron chi connectivity index (χ0n) is 15.3. The number of likely N-dealkylation sites (tertiary alicyclic amines) is 1. The Hall–Kier alpha value is -2.40. The first-order chi connectivity index (χ1) is 12.6. The van der Waals surface area contributed by atoms with Crippen molar-refractivity contribution in [2.24, 2.45) is 5.16 Å². The monoisotopic (exact) mass is 356 g/mol. The molecule has 5 heteroatoms. The van der Waals surface area contributed by atoms with Gasteiger partial charge >= 0.3 is 0 Å². The molecule has 0 aromatic heterocycles. The fraction of sp³-hybridized carbons (Fsp3) is 0.381. The first-order valence-corrected chi connectivity index (χ1v) is 9.01. The fourth-order valence-corrected chi connectivity index (χ4v) is 2.99. The highest BCUT2D eigenvalue weighted by atomic mass is 19.1. The number of para-hydroxylation sites is 1. The third-order valence-corrected chi connectivity index (χ3v) is 4.51. The number of oxime groups is 1. The minimum atomic E-state index is -0.263. The summed E-state index contributed by atoms with van der Waals surface area (Å²) >= 11 is 0. The molecule has 138 valence electrons. The van der Waals surface area contributed by atoms with E-state index in [1.54, 1.807) is 12.3 Å². The van der Waals surface area contributed by atoms with Gasteiger partial charge in [-0.15, -0.1) is 0 Å². The van der Waals surface area contributed by atoms with E-state index in [2.05, 4.69) is 23.9 Å². The molecule has 1 heterocycles. The van der Waals surface area contributed by atoms with Crippen LogP contribution >= 0.6 is 0 Å². The quantitative estimate of drug-likeness (QED) is 0.550. The Morgan fingerprint density at radius 2 is 2.08 bits per heavy atom. The molecule has 1 aliphatic rings. The predicted octanol–water partition coefficient (Wildman–Crippen LogP) is 4.24. The molecule has 1 fully saturated rings. The highest BCUT2D eigenvalue weighted by Gasteiger charge is 2.25. The van der Waals surface area contributed by atoms with Crippen LogP contribution in [0.5, 0.6) is 5.75 Å². The van der Waals surface area contributed by atoms with Crippen molar-refractivity contribution >= 4 is 6.21 Å². The maximum atomic E-state index is 13.3. The summed E-state index contributed by atoms with van der Waals surface area (Å²) in [5, 5.41) is 4.16. The highest BCUT2D eigenvalue weighted by Crippen LogP contribution is 2.19. The second-order valence-electron chi connectivity index (χ2n) is 6.80. The van der Waals surface area contributed by atoms with Crippen molar-refractivity contribution in [3.8, 4) is 5.75 Å². The molecule has 0 N–H and O–H groups in total. The van der Waals surface area contributed by atoms with Crippen LogP contribution in [0.1, 0.15) is 31.4 Å². The van der Waals surface area contributed by atoms with Crippen molar-refractivity contribution in [2.75, 3.05) is 13.1 Å². The predicted molar refractivity (Wildman–Crippen MR) is 101 cm³/mol. The van der Waals surface area contributed by atoms with Gasteiger partial charge in [-0.25, -0.2) is 4.39 Å². The van der Waals surface area contributed by atoms with E-state index in [9.17, 15) is 4.39 Å². The van der Waals surface area contributed by atoms with E-state index in [1.165, 1.54) is 12.1 Å². The molecule has 1 atom stereocenters. The SMILES string of the molecule is CC(C)N1CCC(ON=Cc2ccccc2OCc2cccc(F)c2)C1. The number of nitrogens with zero attached hydrogens (tertiary/aromatic N) is 2. The molecular weight excluding hydrogens is 331 g/mol. The molecular formula is C21H25FN2O2. The first kappa shape index (κ1) is 18.4. The van der Waals surface area contributed by atoms with E-state index in [-0.39, 0.29) is 11.9 Å². The van der Waals surface area contributed by atoms with Gasteiger partial charge in [-0.05, 0) is 43.7 Å². The zero-order chi connectivity index (χ0) is 18.4. The van der Waals surface area contributed by atoms with Crippen molar-refractivity contribution in [3.05, 3.63) is 65.5 Å². The summed E-state index contributed by atoms with van der Waals surface area (Å²) in [5.74, 6) is 0.431. The summed E-state index contributed by atoms with van der Waals surface area (Å²) in [6.45, 7) is 6.64.